The van der Waals surface area contributed by atoms with E-state index in [2.05, 4.69) is 11.1 Å². The third-order valence-corrected chi connectivity index (χ3v) is 1.94. The van der Waals surface area contributed by atoms with Gasteiger partial charge in [-0.25, -0.2) is 4.98 Å². The Hall–Kier alpha value is -1.71. The van der Waals surface area contributed by atoms with Crippen LogP contribution < -0.4 is 10.6 Å². The molecule has 4 nitrogen and oxygen atoms in total. The molecule has 2 rings (SSSR count). The number of nitrogens with two attached hydrogens (primary N) is 1. The minimum absolute atomic E-state index is 0.894. The number of anilines is 1. The Bertz CT molecular complexity index is 361. The number of rotatable bonds is 3. The van der Waals surface area contributed by atoms with Crippen molar-refractivity contribution in [2.24, 2.45) is 12.8 Å². The number of aryl methyl sites for hydroxylation is 1. The van der Waals surface area contributed by atoms with Crippen molar-refractivity contribution in [1.29, 1.82) is 0 Å². The van der Waals surface area contributed by atoms with Gasteiger partial charge < -0.3 is 10.3 Å². The second-order valence-electron chi connectivity index (χ2n) is 2.95. The predicted octanol–water partition coefficient (Wildman–Crippen LogP) is 0.944. The smallest absolute Gasteiger partial charge is 0.213 e. The fourth-order valence-corrected chi connectivity index (χ4v) is 1.21. The van der Waals surface area contributed by atoms with Crippen LogP contribution >= 0.6 is 0 Å². The molecule has 2 N–H and O–H groups in total. The summed E-state index contributed by atoms with van der Waals surface area (Å²) < 4.78 is 1.96. The topological polar surface area (TPSA) is 47.1 Å². The van der Waals surface area contributed by atoms with Gasteiger partial charge in [0, 0.05) is 44.0 Å². The van der Waals surface area contributed by atoms with E-state index in [4.69, 9.17) is 5.73 Å². The van der Waals surface area contributed by atoms with Crippen molar-refractivity contribution in [3.05, 3.63) is 36.6 Å². The van der Waals surface area contributed by atoms with Crippen molar-refractivity contribution >= 4 is 5.95 Å². The molecule has 0 aliphatic heterocycles. The predicted molar refractivity (Wildman–Crippen MR) is 51.7 cm³/mol. The summed E-state index contributed by atoms with van der Waals surface area (Å²) in [6.45, 7) is 0. The summed E-state index contributed by atoms with van der Waals surface area (Å²) in [6.07, 6.45) is 10.2. The summed E-state index contributed by atoms with van der Waals surface area (Å²) in [5.74, 6) is 0.894. The number of hydrogen-bond acceptors (Lipinski definition) is 3. The highest BCUT2D eigenvalue weighted by Crippen LogP contribution is 2.27. The van der Waals surface area contributed by atoms with Crippen LogP contribution in [0, 0.1) is 0 Å². The summed E-state index contributed by atoms with van der Waals surface area (Å²) in [5.41, 5.74) is 6.61. The van der Waals surface area contributed by atoms with E-state index >= 15 is 0 Å². The molecule has 4 heteroatoms. The zero-order valence-electron chi connectivity index (χ0n) is 7.51. The number of imidazole rings is 1. The Morgan fingerprint density at radius 2 is 2.46 bits per heavy atom. The van der Waals surface area contributed by atoms with Gasteiger partial charge in [0.05, 0.1) is 0 Å². The molecule has 1 aromatic rings. The summed E-state index contributed by atoms with van der Waals surface area (Å²) in [7, 11) is 1.96. The van der Waals surface area contributed by atoms with E-state index in [0.29, 0.717) is 0 Å². The Labute approximate surface area is 77.0 Å². The van der Waals surface area contributed by atoms with Crippen LogP contribution in [0.25, 0.3) is 0 Å². The van der Waals surface area contributed by atoms with Crippen molar-refractivity contribution < 1.29 is 0 Å². The molecule has 0 fully saturated rings. The molecule has 0 atom stereocenters. The average molecular weight is 176 g/mol. The fourth-order valence-electron chi connectivity index (χ4n) is 1.21. The Kier molecular flexibility index (Phi) is 1.81. The van der Waals surface area contributed by atoms with Crippen LogP contribution in [0.1, 0.15) is 6.42 Å². The largest absolute Gasteiger partial charge is 0.403 e. The van der Waals surface area contributed by atoms with Crippen LogP contribution in [-0.2, 0) is 7.05 Å². The van der Waals surface area contributed by atoms with Crippen LogP contribution in [0.15, 0.2) is 36.6 Å². The van der Waals surface area contributed by atoms with E-state index < -0.39 is 0 Å². The summed E-state index contributed by atoms with van der Waals surface area (Å²) in [4.78, 5) is 6.22. The minimum atomic E-state index is 0.894. The maximum atomic E-state index is 5.36. The van der Waals surface area contributed by atoms with Crippen molar-refractivity contribution in [3.63, 3.8) is 0 Å². The van der Waals surface area contributed by atoms with E-state index in [-0.39, 0.29) is 0 Å². The van der Waals surface area contributed by atoms with Gasteiger partial charge in [0.25, 0.3) is 0 Å². The quantitative estimate of drug-likeness (QED) is 0.745. The monoisotopic (exact) mass is 176 g/mol. The lowest BCUT2D eigenvalue weighted by molar-refractivity contribution is 0.884. The van der Waals surface area contributed by atoms with Gasteiger partial charge >= 0.3 is 0 Å². The molecule has 0 radical (unpaired) electrons. The lowest BCUT2D eigenvalue weighted by atomic mass is 10.6. The molecule has 13 heavy (non-hydrogen) atoms. The molecular formula is C9H12N4. The second-order valence-corrected chi connectivity index (χ2v) is 2.95. The van der Waals surface area contributed by atoms with Gasteiger partial charge in [0.2, 0.25) is 5.95 Å². The van der Waals surface area contributed by atoms with Crippen LogP contribution in [0.2, 0.25) is 0 Å². The third-order valence-electron chi connectivity index (χ3n) is 1.94. The molecule has 0 amide bonds. The SMILES string of the molecule is Cn1ccnc1N(/C=C\N)C1=CC1. The van der Waals surface area contributed by atoms with Crippen LogP contribution in [0.3, 0.4) is 0 Å². The van der Waals surface area contributed by atoms with Gasteiger partial charge in [-0.2, -0.15) is 0 Å². The molecule has 0 spiro atoms. The molecule has 0 aromatic carbocycles. The number of nitrogens with zero attached hydrogens (tertiary/aromatic N) is 3. The van der Waals surface area contributed by atoms with Gasteiger partial charge in [0.1, 0.15) is 0 Å². The molecule has 0 unspecified atom stereocenters. The van der Waals surface area contributed by atoms with Gasteiger partial charge in [-0.3, -0.25) is 4.90 Å². The highest BCUT2D eigenvalue weighted by Gasteiger charge is 2.18. The molecule has 1 aromatic heterocycles. The number of aromatic nitrogens is 2. The van der Waals surface area contributed by atoms with E-state index in [1.54, 1.807) is 6.20 Å². The van der Waals surface area contributed by atoms with Crippen LogP contribution in [-0.4, -0.2) is 9.55 Å². The van der Waals surface area contributed by atoms with E-state index in [1.807, 2.05) is 28.9 Å². The molecule has 1 aliphatic carbocycles. The van der Waals surface area contributed by atoms with Gasteiger partial charge in [-0.05, 0) is 0 Å². The van der Waals surface area contributed by atoms with Gasteiger partial charge in [-0.1, -0.05) is 6.08 Å². The zero-order chi connectivity index (χ0) is 9.26. The second kappa shape index (κ2) is 2.97. The summed E-state index contributed by atoms with van der Waals surface area (Å²) in [5, 5.41) is 0. The summed E-state index contributed by atoms with van der Waals surface area (Å²) >= 11 is 0. The summed E-state index contributed by atoms with van der Waals surface area (Å²) in [6, 6.07) is 0. The maximum absolute atomic E-state index is 5.36. The van der Waals surface area contributed by atoms with Crippen molar-refractivity contribution in [1.82, 2.24) is 9.55 Å². The Morgan fingerprint density at radius 1 is 1.69 bits per heavy atom. The number of allylic oxidation sites excluding steroid dienone is 2. The molecule has 0 saturated heterocycles. The van der Waals surface area contributed by atoms with Crippen LogP contribution in [0.4, 0.5) is 5.95 Å². The highest BCUT2D eigenvalue weighted by molar-refractivity contribution is 5.50. The molecular weight excluding hydrogens is 164 g/mol. The van der Waals surface area contributed by atoms with E-state index in [1.165, 1.54) is 11.9 Å². The standard InChI is InChI=1S/C9H12N4/c1-12-7-5-11-9(12)13(6-4-10)8-2-3-8/h2,4-7H,3,10H2,1H3/b6-4-. The minimum Gasteiger partial charge on any atom is -0.403 e. The lowest BCUT2D eigenvalue weighted by Gasteiger charge is -2.15. The molecule has 1 heterocycles. The molecule has 0 bridgehead atoms. The van der Waals surface area contributed by atoms with Gasteiger partial charge in [-0.15, -0.1) is 0 Å². The first-order valence-corrected chi connectivity index (χ1v) is 4.17. The third kappa shape index (κ3) is 1.42. The van der Waals surface area contributed by atoms with Crippen molar-refractivity contribution in [2.45, 2.75) is 6.42 Å². The van der Waals surface area contributed by atoms with Crippen molar-refractivity contribution in [2.75, 3.05) is 4.90 Å². The Morgan fingerprint density at radius 3 is 2.92 bits per heavy atom. The average Bonchev–Trinajstić information content (AvgIpc) is 2.86. The fraction of sp³-hybridized carbons (Fsp3) is 0.222. The zero-order valence-corrected chi connectivity index (χ0v) is 7.51. The number of hydrogen-bond donors (Lipinski definition) is 1. The van der Waals surface area contributed by atoms with Gasteiger partial charge in [0.15, 0.2) is 0 Å². The first kappa shape index (κ1) is 7.91. The van der Waals surface area contributed by atoms with E-state index in [9.17, 15) is 0 Å². The first-order valence-electron chi connectivity index (χ1n) is 4.17. The highest BCUT2D eigenvalue weighted by atomic mass is 15.3. The van der Waals surface area contributed by atoms with E-state index in [0.717, 1.165) is 12.4 Å². The van der Waals surface area contributed by atoms with Crippen LogP contribution in [0.5, 0.6) is 0 Å². The maximum Gasteiger partial charge on any atom is 0.213 e. The first-order chi connectivity index (χ1) is 6.33. The Balaban J connectivity index is 2.30. The molecule has 68 valence electrons. The van der Waals surface area contributed by atoms with Crippen molar-refractivity contribution in [3.8, 4) is 0 Å². The molecule has 1 aliphatic rings. The normalized spacial score (nSPS) is 14.7. The lowest BCUT2D eigenvalue weighted by Crippen LogP contribution is -2.14. The molecule has 0 saturated carbocycles.